The van der Waals surface area contributed by atoms with Gasteiger partial charge in [0.25, 0.3) is 0 Å². The molecule has 4 heterocycles. The van der Waals surface area contributed by atoms with E-state index in [0.717, 1.165) is 80.4 Å². The first-order valence-electron chi connectivity index (χ1n) is 13.8. The number of piperidine rings is 2. The SMILES string of the molecule is CCC(C(=O)N1CCc2nc(N3CCC(C)CC3)nc(N3CCC(C)CC3)c2C1)c1ccccc1. The van der Waals surface area contributed by atoms with Gasteiger partial charge in [0.1, 0.15) is 5.82 Å². The molecule has 2 saturated heterocycles. The van der Waals surface area contributed by atoms with Gasteiger partial charge in [-0.05, 0) is 49.5 Å². The van der Waals surface area contributed by atoms with Gasteiger partial charge >= 0.3 is 0 Å². The van der Waals surface area contributed by atoms with Gasteiger partial charge in [0, 0.05) is 44.7 Å². The van der Waals surface area contributed by atoms with E-state index in [1.54, 1.807) is 0 Å². The maximum Gasteiger partial charge on any atom is 0.230 e. The summed E-state index contributed by atoms with van der Waals surface area (Å²) in [6.45, 7) is 12.3. The Morgan fingerprint density at radius 1 is 0.914 bits per heavy atom. The second kappa shape index (κ2) is 10.5. The molecule has 1 aromatic carbocycles. The second-order valence-corrected chi connectivity index (χ2v) is 11.0. The average Bonchev–Trinajstić information content (AvgIpc) is 2.89. The number of benzene rings is 1. The minimum atomic E-state index is -0.0902. The molecular formula is C29H41N5O. The van der Waals surface area contributed by atoms with Crippen LogP contribution in [0.5, 0.6) is 0 Å². The highest BCUT2D eigenvalue weighted by atomic mass is 16.2. The number of aromatic nitrogens is 2. The van der Waals surface area contributed by atoms with Crippen molar-refractivity contribution in [1.29, 1.82) is 0 Å². The van der Waals surface area contributed by atoms with Crippen molar-refractivity contribution >= 4 is 17.7 Å². The first kappa shape index (κ1) is 24.1. The summed E-state index contributed by atoms with van der Waals surface area (Å²) in [4.78, 5) is 30.9. The Morgan fingerprint density at radius 3 is 2.17 bits per heavy atom. The molecule has 188 valence electrons. The average molecular weight is 476 g/mol. The Bertz CT molecular complexity index is 1010. The summed E-state index contributed by atoms with van der Waals surface area (Å²) < 4.78 is 0. The van der Waals surface area contributed by atoms with Crippen LogP contribution < -0.4 is 9.80 Å². The van der Waals surface area contributed by atoms with Crippen LogP contribution in [0.1, 0.15) is 75.6 Å². The van der Waals surface area contributed by atoms with Crippen LogP contribution in [0, 0.1) is 11.8 Å². The van der Waals surface area contributed by atoms with E-state index >= 15 is 0 Å². The summed E-state index contributed by atoms with van der Waals surface area (Å²) in [6.07, 6.45) is 6.43. The molecule has 6 nitrogen and oxygen atoms in total. The fraction of sp³-hybridized carbons (Fsp3) is 0.621. The number of rotatable bonds is 5. The molecule has 0 N–H and O–H groups in total. The standard InChI is InChI=1S/C29H41N5O/c1-4-24(23-8-6-5-7-9-23)28(35)34-19-14-26-25(20-34)27(32-15-10-21(2)11-16-32)31-29(30-26)33-17-12-22(3)13-18-33/h5-9,21-22,24H,4,10-20H2,1-3H3. The topological polar surface area (TPSA) is 52.6 Å². The summed E-state index contributed by atoms with van der Waals surface area (Å²) in [5.74, 6) is 3.67. The van der Waals surface area contributed by atoms with E-state index < -0.39 is 0 Å². The summed E-state index contributed by atoms with van der Waals surface area (Å²) >= 11 is 0. The van der Waals surface area contributed by atoms with Crippen molar-refractivity contribution in [2.75, 3.05) is 42.5 Å². The van der Waals surface area contributed by atoms with Gasteiger partial charge in [0.15, 0.2) is 0 Å². The van der Waals surface area contributed by atoms with Crippen LogP contribution in [-0.4, -0.2) is 53.5 Å². The summed E-state index contributed by atoms with van der Waals surface area (Å²) in [7, 11) is 0. The largest absolute Gasteiger partial charge is 0.356 e. The van der Waals surface area contributed by atoms with E-state index in [9.17, 15) is 4.79 Å². The first-order chi connectivity index (χ1) is 17.0. The molecular weight excluding hydrogens is 434 g/mol. The van der Waals surface area contributed by atoms with Gasteiger partial charge in [-0.3, -0.25) is 4.79 Å². The van der Waals surface area contributed by atoms with Gasteiger partial charge in [-0.25, -0.2) is 4.98 Å². The minimum Gasteiger partial charge on any atom is -0.356 e. The Morgan fingerprint density at radius 2 is 1.54 bits per heavy atom. The molecule has 0 radical (unpaired) electrons. The number of fused-ring (bicyclic) bond motifs is 1. The van der Waals surface area contributed by atoms with Crippen molar-refractivity contribution in [3.8, 4) is 0 Å². The van der Waals surface area contributed by atoms with E-state index in [4.69, 9.17) is 9.97 Å². The zero-order valence-corrected chi connectivity index (χ0v) is 21.7. The van der Waals surface area contributed by atoms with Crippen LogP contribution in [0.25, 0.3) is 0 Å². The second-order valence-electron chi connectivity index (χ2n) is 11.0. The molecule has 0 saturated carbocycles. The van der Waals surface area contributed by atoms with Gasteiger partial charge < -0.3 is 14.7 Å². The third kappa shape index (κ3) is 5.17. The van der Waals surface area contributed by atoms with Crippen LogP contribution in [0.15, 0.2) is 30.3 Å². The highest BCUT2D eigenvalue weighted by Gasteiger charge is 2.32. The highest BCUT2D eigenvalue weighted by molar-refractivity contribution is 5.84. The summed E-state index contributed by atoms with van der Waals surface area (Å²) in [5.41, 5.74) is 3.44. The maximum atomic E-state index is 13.7. The van der Waals surface area contributed by atoms with Crippen LogP contribution >= 0.6 is 0 Å². The van der Waals surface area contributed by atoms with Crippen molar-refractivity contribution in [2.45, 2.75) is 71.8 Å². The molecule has 3 aliphatic heterocycles. The minimum absolute atomic E-state index is 0.0902. The number of carbonyl (C=O) groups is 1. The molecule has 5 rings (SSSR count). The Kier molecular flexibility index (Phi) is 7.26. The van der Waals surface area contributed by atoms with Gasteiger partial charge in [-0.2, -0.15) is 4.98 Å². The number of hydrogen-bond acceptors (Lipinski definition) is 5. The molecule has 1 aromatic heterocycles. The van der Waals surface area contributed by atoms with E-state index in [-0.39, 0.29) is 11.8 Å². The van der Waals surface area contributed by atoms with Crippen molar-refractivity contribution < 1.29 is 4.79 Å². The number of hydrogen-bond donors (Lipinski definition) is 0. The molecule has 2 aromatic rings. The fourth-order valence-electron chi connectivity index (χ4n) is 5.86. The monoisotopic (exact) mass is 475 g/mol. The Balaban J connectivity index is 1.44. The van der Waals surface area contributed by atoms with Crippen molar-refractivity contribution in [3.05, 3.63) is 47.2 Å². The lowest BCUT2D eigenvalue weighted by molar-refractivity contribution is -0.133. The molecule has 0 aliphatic carbocycles. The van der Waals surface area contributed by atoms with Gasteiger partial charge in [-0.1, -0.05) is 51.1 Å². The number of carbonyl (C=O) groups excluding carboxylic acids is 1. The molecule has 35 heavy (non-hydrogen) atoms. The van der Waals surface area contributed by atoms with Crippen LogP contribution in [0.3, 0.4) is 0 Å². The predicted octanol–water partition coefficient (Wildman–Crippen LogP) is 5.03. The number of nitrogens with zero attached hydrogens (tertiary/aromatic N) is 5. The van der Waals surface area contributed by atoms with E-state index in [1.807, 2.05) is 18.2 Å². The lowest BCUT2D eigenvalue weighted by atomic mass is 9.93. The van der Waals surface area contributed by atoms with Crippen molar-refractivity contribution in [1.82, 2.24) is 14.9 Å². The quantitative estimate of drug-likeness (QED) is 0.607. The van der Waals surface area contributed by atoms with E-state index in [0.29, 0.717) is 6.54 Å². The summed E-state index contributed by atoms with van der Waals surface area (Å²) in [5, 5.41) is 0. The predicted molar refractivity (Wildman–Crippen MR) is 142 cm³/mol. The summed E-state index contributed by atoms with van der Waals surface area (Å²) in [6, 6.07) is 10.2. The third-order valence-electron chi connectivity index (χ3n) is 8.40. The molecule has 0 spiro atoms. The zero-order chi connectivity index (χ0) is 24.4. The molecule has 1 amide bonds. The fourth-order valence-corrected chi connectivity index (χ4v) is 5.86. The van der Waals surface area contributed by atoms with Crippen LogP contribution in [-0.2, 0) is 17.8 Å². The molecule has 1 atom stereocenters. The number of amides is 1. The lowest BCUT2D eigenvalue weighted by Crippen LogP contribution is -2.42. The van der Waals surface area contributed by atoms with Crippen molar-refractivity contribution in [3.63, 3.8) is 0 Å². The highest BCUT2D eigenvalue weighted by Crippen LogP contribution is 2.34. The van der Waals surface area contributed by atoms with Crippen LogP contribution in [0.4, 0.5) is 11.8 Å². The smallest absolute Gasteiger partial charge is 0.230 e. The zero-order valence-electron chi connectivity index (χ0n) is 21.7. The molecule has 1 unspecified atom stereocenters. The van der Waals surface area contributed by atoms with E-state index in [2.05, 4.69) is 47.6 Å². The molecule has 6 heteroatoms. The molecule has 3 aliphatic rings. The van der Waals surface area contributed by atoms with Gasteiger partial charge in [-0.15, -0.1) is 0 Å². The first-order valence-corrected chi connectivity index (χ1v) is 13.8. The van der Waals surface area contributed by atoms with Crippen LogP contribution in [0.2, 0.25) is 0 Å². The third-order valence-corrected chi connectivity index (χ3v) is 8.40. The van der Waals surface area contributed by atoms with Crippen molar-refractivity contribution in [2.24, 2.45) is 11.8 Å². The molecule has 0 bridgehead atoms. The Labute approximate surface area is 210 Å². The lowest BCUT2D eigenvalue weighted by Gasteiger charge is -2.38. The van der Waals surface area contributed by atoms with Gasteiger partial charge in [0.2, 0.25) is 11.9 Å². The number of anilines is 2. The normalized spacial score (nSPS) is 20.6. The molecule has 2 fully saturated rings. The van der Waals surface area contributed by atoms with E-state index in [1.165, 1.54) is 31.2 Å². The maximum absolute atomic E-state index is 13.7. The van der Waals surface area contributed by atoms with Gasteiger partial charge in [0.05, 0.1) is 18.2 Å². The Hall–Kier alpha value is -2.63.